The second kappa shape index (κ2) is 8.76. The third-order valence-electron chi connectivity index (χ3n) is 5.85. The first-order chi connectivity index (χ1) is 16.8. The third kappa shape index (κ3) is 4.66. The van der Waals surface area contributed by atoms with E-state index in [-0.39, 0.29) is 11.4 Å². The predicted octanol–water partition coefficient (Wildman–Crippen LogP) is 6.46. The van der Waals surface area contributed by atoms with Gasteiger partial charge >= 0.3 is 6.03 Å². The van der Waals surface area contributed by atoms with Crippen molar-refractivity contribution >= 4 is 28.6 Å². The fourth-order valence-corrected chi connectivity index (χ4v) is 3.87. The van der Waals surface area contributed by atoms with Crippen LogP contribution in [0.2, 0.25) is 0 Å². The molecule has 7 heteroatoms. The summed E-state index contributed by atoms with van der Waals surface area (Å²) in [7, 11) is 0. The lowest BCUT2D eigenvalue weighted by Gasteiger charge is -2.14. The van der Waals surface area contributed by atoms with Crippen LogP contribution in [0.25, 0.3) is 22.4 Å². The third-order valence-corrected chi connectivity index (χ3v) is 5.85. The summed E-state index contributed by atoms with van der Waals surface area (Å²) in [5.74, 6) is 0.609. The average molecular weight is 465 g/mol. The summed E-state index contributed by atoms with van der Waals surface area (Å²) < 4.78 is 3.79. The van der Waals surface area contributed by atoms with Gasteiger partial charge in [0.05, 0.1) is 22.4 Å². The Labute approximate surface area is 204 Å². The molecule has 0 radical (unpaired) electrons. The number of nitrogens with zero attached hydrogens (tertiary/aromatic N) is 4. The largest absolute Gasteiger partial charge is 0.324 e. The van der Waals surface area contributed by atoms with Crippen LogP contribution in [0, 0.1) is 6.92 Å². The summed E-state index contributed by atoms with van der Waals surface area (Å²) >= 11 is 0. The van der Waals surface area contributed by atoms with Crippen molar-refractivity contribution in [3.8, 4) is 11.4 Å². The first-order valence-electron chi connectivity index (χ1n) is 11.6. The van der Waals surface area contributed by atoms with Crippen LogP contribution in [0.1, 0.15) is 32.0 Å². The molecular formula is C28H28N6O. The highest BCUT2D eigenvalue weighted by molar-refractivity contribution is 5.99. The highest BCUT2D eigenvalue weighted by Crippen LogP contribution is 2.27. The number of nitrogens with one attached hydrogen (secondary N) is 2. The van der Waals surface area contributed by atoms with Gasteiger partial charge in [-0.1, -0.05) is 50.6 Å². The van der Waals surface area contributed by atoms with Crippen molar-refractivity contribution in [1.29, 1.82) is 0 Å². The van der Waals surface area contributed by atoms with E-state index >= 15 is 0 Å². The van der Waals surface area contributed by atoms with Gasteiger partial charge in [0.2, 0.25) is 0 Å². The summed E-state index contributed by atoms with van der Waals surface area (Å²) in [6, 6.07) is 25.3. The molecule has 5 rings (SSSR count). The van der Waals surface area contributed by atoms with Crippen LogP contribution in [-0.4, -0.2) is 25.4 Å². The molecule has 0 aliphatic heterocycles. The first kappa shape index (κ1) is 22.4. The van der Waals surface area contributed by atoms with Crippen LogP contribution >= 0.6 is 0 Å². The summed E-state index contributed by atoms with van der Waals surface area (Å²) in [4.78, 5) is 17.3. The van der Waals surface area contributed by atoms with Crippen molar-refractivity contribution < 1.29 is 4.79 Å². The zero-order valence-electron chi connectivity index (χ0n) is 20.3. The number of benzene rings is 3. The van der Waals surface area contributed by atoms with Gasteiger partial charge in [-0.2, -0.15) is 5.10 Å². The number of aryl methyl sites for hydroxylation is 1. The van der Waals surface area contributed by atoms with Crippen LogP contribution < -0.4 is 10.6 Å². The first-order valence-corrected chi connectivity index (χ1v) is 11.6. The number of carbonyl (C=O) groups is 1. The second-order valence-electron chi connectivity index (χ2n) is 9.64. The normalized spacial score (nSPS) is 11.5. The Hall–Kier alpha value is -4.39. The number of rotatable bonds is 4. The maximum atomic E-state index is 12.9. The Kier molecular flexibility index (Phi) is 5.61. The van der Waals surface area contributed by atoms with Crippen LogP contribution in [-0.2, 0) is 5.41 Å². The zero-order valence-corrected chi connectivity index (χ0v) is 20.3. The molecule has 2 N–H and O–H groups in total. The van der Waals surface area contributed by atoms with Gasteiger partial charge in [0, 0.05) is 22.9 Å². The number of fused-ring (bicyclic) bond motifs is 1. The van der Waals surface area contributed by atoms with Crippen molar-refractivity contribution in [3.05, 3.63) is 96.4 Å². The molecule has 0 aliphatic carbocycles. The van der Waals surface area contributed by atoms with E-state index in [1.54, 1.807) is 11.0 Å². The van der Waals surface area contributed by atoms with Crippen LogP contribution in [0.5, 0.6) is 0 Å². The molecule has 7 nitrogen and oxygen atoms in total. The number of aromatic nitrogens is 4. The minimum atomic E-state index is -0.334. The van der Waals surface area contributed by atoms with Crippen LogP contribution in [0.4, 0.5) is 16.3 Å². The molecule has 0 fully saturated rings. The summed E-state index contributed by atoms with van der Waals surface area (Å²) in [5.41, 5.74) is 6.42. The molecule has 0 saturated heterocycles. The van der Waals surface area contributed by atoms with E-state index in [4.69, 9.17) is 5.10 Å². The molecule has 0 spiro atoms. The lowest BCUT2D eigenvalue weighted by atomic mass is 9.92. The zero-order chi connectivity index (χ0) is 24.6. The fraction of sp³-hybridized carbons (Fsp3) is 0.179. The number of hydrogen-bond donors (Lipinski definition) is 2. The van der Waals surface area contributed by atoms with E-state index in [1.807, 2.05) is 90.4 Å². The van der Waals surface area contributed by atoms with Crippen molar-refractivity contribution in [2.45, 2.75) is 33.1 Å². The van der Waals surface area contributed by atoms with E-state index in [0.29, 0.717) is 11.5 Å². The quantitative estimate of drug-likeness (QED) is 0.320. The Balaban J connectivity index is 1.35. The van der Waals surface area contributed by atoms with Crippen LogP contribution in [0.3, 0.4) is 0 Å². The minimum absolute atomic E-state index is 0.157. The van der Waals surface area contributed by atoms with E-state index in [9.17, 15) is 4.79 Å². The number of hydrogen-bond acceptors (Lipinski definition) is 3. The molecule has 2 amide bonds. The minimum Gasteiger partial charge on any atom is -0.308 e. The van der Waals surface area contributed by atoms with Crippen molar-refractivity contribution in [2.75, 3.05) is 10.6 Å². The Morgan fingerprint density at radius 3 is 2.26 bits per heavy atom. The molecule has 35 heavy (non-hydrogen) atoms. The van der Waals surface area contributed by atoms with E-state index < -0.39 is 0 Å². The van der Waals surface area contributed by atoms with E-state index in [2.05, 4.69) is 36.4 Å². The Morgan fingerprint density at radius 1 is 0.857 bits per heavy atom. The Morgan fingerprint density at radius 2 is 1.54 bits per heavy atom. The monoisotopic (exact) mass is 464 g/mol. The second-order valence-corrected chi connectivity index (χ2v) is 9.64. The van der Waals surface area contributed by atoms with Gasteiger partial charge in [-0.25, -0.2) is 14.5 Å². The van der Waals surface area contributed by atoms with Gasteiger partial charge in [-0.05, 0) is 55.5 Å². The van der Waals surface area contributed by atoms with E-state index in [0.717, 1.165) is 33.7 Å². The number of urea groups is 1. The van der Waals surface area contributed by atoms with Gasteiger partial charge in [0.25, 0.3) is 0 Å². The summed E-state index contributed by atoms with van der Waals surface area (Å²) in [6.45, 7) is 8.34. The number of para-hydroxylation sites is 2. The van der Waals surface area contributed by atoms with Gasteiger partial charge in [-0.3, -0.25) is 9.88 Å². The molecule has 5 aromatic rings. The highest BCUT2D eigenvalue weighted by Gasteiger charge is 2.21. The standard InChI is InChI=1S/C28H28N6O/c1-19-9-13-22(14-10-19)34-26(17-25(32-34)28(2,3)4)31-27(35)30-20-11-15-21(16-12-20)33-18-29-23-7-5-6-8-24(23)33/h5-18H,1-4H3,(H2,30,31,35). The maximum Gasteiger partial charge on any atom is 0.324 e. The van der Waals surface area contributed by atoms with Gasteiger partial charge in [-0.15, -0.1) is 0 Å². The molecule has 3 aromatic carbocycles. The molecule has 2 aromatic heterocycles. The highest BCUT2D eigenvalue weighted by atomic mass is 16.2. The molecule has 176 valence electrons. The van der Waals surface area contributed by atoms with Crippen LogP contribution in [0.15, 0.2) is 85.2 Å². The van der Waals surface area contributed by atoms with E-state index in [1.165, 1.54) is 0 Å². The van der Waals surface area contributed by atoms with Crippen molar-refractivity contribution in [3.63, 3.8) is 0 Å². The molecule has 2 heterocycles. The predicted molar refractivity (Wildman–Crippen MR) is 141 cm³/mol. The molecule has 0 bridgehead atoms. The molecule has 0 aliphatic rings. The SMILES string of the molecule is Cc1ccc(-n2nc(C(C)(C)C)cc2NC(=O)Nc2ccc(-n3cnc4ccccc43)cc2)cc1. The van der Waals surface area contributed by atoms with Crippen molar-refractivity contribution in [1.82, 2.24) is 19.3 Å². The fourth-order valence-electron chi connectivity index (χ4n) is 3.87. The van der Waals surface area contributed by atoms with Gasteiger partial charge < -0.3 is 5.32 Å². The van der Waals surface area contributed by atoms with Crippen molar-refractivity contribution in [2.24, 2.45) is 0 Å². The smallest absolute Gasteiger partial charge is 0.308 e. The lowest BCUT2D eigenvalue weighted by Crippen LogP contribution is -2.21. The Bertz CT molecular complexity index is 1490. The number of anilines is 2. The number of amides is 2. The van der Waals surface area contributed by atoms with Gasteiger partial charge in [0.15, 0.2) is 0 Å². The average Bonchev–Trinajstić information content (AvgIpc) is 3.45. The molecule has 0 atom stereocenters. The number of imidazole rings is 1. The molecular weight excluding hydrogens is 436 g/mol. The summed E-state index contributed by atoms with van der Waals surface area (Å²) in [5, 5.41) is 10.7. The topological polar surface area (TPSA) is 76.8 Å². The molecule has 0 unspecified atom stereocenters. The molecule has 0 saturated carbocycles. The lowest BCUT2D eigenvalue weighted by molar-refractivity contribution is 0.262. The number of carbonyl (C=O) groups excluding carboxylic acids is 1. The van der Waals surface area contributed by atoms with Gasteiger partial charge in [0.1, 0.15) is 12.1 Å². The summed E-state index contributed by atoms with van der Waals surface area (Å²) in [6.07, 6.45) is 1.80. The maximum absolute atomic E-state index is 12.9.